The first-order valence-corrected chi connectivity index (χ1v) is 8.41. The Morgan fingerprint density at radius 3 is 2.75 bits per heavy atom. The van der Waals surface area contributed by atoms with E-state index in [-0.39, 0.29) is 6.04 Å². The number of likely N-dealkylation sites (tertiary alicyclic amines) is 2. The molecule has 20 heavy (non-hydrogen) atoms. The van der Waals surface area contributed by atoms with Gasteiger partial charge in [-0.1, -0.05) is 15.9 Å². The number of nitrogens with zero attached hydrogens (tertiary/aromatic N) is 2. The van der Waals surface area contributed by atoms with Gasteiger partial charge in [-0.05, 0) is 57.5 Å². The lowest BCUT2D eigenvalue weighted by atomic mass is 10.1. The van der Waals surface area contributed by atoms with E-state index in [1.165, 1.54) is 32.4 Å². The molecule has 0 aliphatic carbocycles. The van der Waals surface area contributed by atoms with E-state index in [0.29, 0.717) is 11.8 Å². The fraction of sp³-hybridized carbons (Fsp3) is 0.625. The smallest absolute Gasteiger partial charge is 0.120 e. The van der Waals surface area contributed by atoms with Crippen LogP contribution in [0.15, 0.2) is 22.7 Å². The third kappa shape index (κ3) is 2.87. The zero-order valence-electron chi connectivity index (χ0n) is 12.1. The van der Waals surface area contributed by atoms with Gasteiger partial charge in [0.2, 0.25) is 0 Å². The van der Waals surface area contributed by atoms with Crippen molar-refractivity contribution in [1.29, 1.82) is 0 Å². The monoisotopic (exact) mass is 338 g/mol. The van der Waals surface area contributed by atoms with Crippen LogP contribution in [-0.2, 0) is 0 Å². The summed E-state index contributed by atoms with van der Waals surface area (Å²) in [6, 6.07) is 6.71. The highest BCUT2D eigenvalue weighted by molar-refractivity contribution is 9.10. The molecule has 0 aromatic heterocycles. The van der Waals surface area contributed by atoms with E-state index in [0.717, 1.165) is 23.1 Å². The first kappa shape index (κ1) is 14.4. The quantitative estimate of drug-likeness (QED) is 0.915. The Morgan fingerprint density at radius 2 is 2.00 bits per heavy atom. The van der Waals surface area contributed by atoms with E-state index in [4.69, 9.17) is 0 Å². The first-order valence-electron chi connectivity index (χ1n) is 7.61. The number of hydrogen-bond donors (Lipinski definition) is 1. The Hall–Kier alpha value is -0.580. The molecule has 1 N–H and O–H groups in total. The Kier molecular flexibility index (Phi) is 4.34. The number of aromatic hydroxyl groups is 1. The lowest BCUT2D eigenvalue weighted by molar-refractivity contribution is 0.206. The summed E-state index contributed by atoms with van der Waals surface area (Å²) in [5.41, 5.74) is 1.03. The molecule has 2 unspecified atom stereocenters. The number of phenols is 1. The van der Waals surface area contributed by atoms with E-state index in [1.54, 1.807) is 6.07 Å². The zero-order chi connectivity index (χ0) is 14.1. The molecule has 0 spiro atoms. The van der Waals surface area contributed by atoms with Gasteiger partial charge in [-0.25, -0.2) is 0 Å². The van der Waals surface area contributed by atoms with Gasteiger partial charge in [0.25, 0.3) is 0 Å². The summed E-state index contributed by atoms with van der Waals surface area (Å²) < 4.78 is 1.03. The van der Waals surface area contributed by atoms with Crippen LogP contribution in [0, 0.1) is 0 Å². The summed E-state index contributed by atoms with van der Waals surface area (Å²) in [6.07, 6.45) is 3.98. The maximum absolute atomic E-state index is 10.1. The van der Waals surface area contributed by atoms with E-state index < -0.39 is 0 Å². The lowest BCUT2D eigenvalue weighted by Gasteiger charge is -2.27. The van der Waals surface area contributed by atoms with Crippen LogP contribution in [0.25, 0.3) is 0 Å². The Bertz CT molecular complexity index is 474. The second kappa shape index (κ2) is 6.04. The average Bonchev–Trinajstić information content (AvgIpc) is 3.10. The number of phenolic OH excluding ortho intramolecular Hbond substituents is 1. The summed E-state index contributed by atoms with van der Waals surface area (Å²) in [5, 5.41) is 10.1. The SMILES string of the molecule is CC(c1cc(Br)ccc1O)N1CCC(N2CCCC2)C1. The highest BCUT2D eigenvalue weighted by Crippen LogP contribution is 2.34. The van der Waals surface area contributed by atoms with Gasteiger partial charge in [-0.15, -0.1) is 0 Å². The van der Waals surface area contributed by atoms with Crippen molar-refractivity contribution in [2.75, 3.05) is 26.2 Å². The van der Waals surface area contributed by atoms with E-state index in [1.807, 2.05) is 12.1 Å². The van der Waals surface area contributed by atoms with Gasteiger partial charge in [0, 0.05) is 35.2 Å². The predicted molar refractivity (Wildman–Crippen MR) is 85.0 cm³/mol. The second-order valence-corrected chi connectivity index (χ2v) is 6.98. The highest BCUT2D eigenvalue weighted by atomic mass is 79.9. The molecule has 2 fully saturated rings. The second-order valence-electron chi connectivity index (χ2n) is 6.06. The molecule has 2 aliphatic rings. The van der Waals surface area contributed by atoms with Crippen molar-refractivity contribution in [3.63, 3.8) is 0 Å². The molecule has 1 aromatic rings. The molecular formula is C16H23BrN2O. The van der Waals surface area contributed by atoms with Crippen molar-refractivity contribution in [1.82, 2.24) is 9.80 Å². The maximum Gasteiger partial charge on any atom is 0.120 e. The minimum absolute atomic E-state index is 0.278. The normalized spacial score (nSPS) is 26.2. The van der Waals surface area contributed by atoms with Crippen LogP contribution < -0.4 is 0 Å². The van der Waals surface area contributed by atoms with E-state index in [2.05, 4.69) is 32.7 Å². The molecule has 2 saturated heterocycles. The van der Waals surface area contributed by atoms with Crippen LogP contribution in [-0.4, -0.2) is 47.1 Å². The van der Waals surface area contributed by atoms with Crippen LogP contribution in [0.2, 0.25) is 0 Å². The first-order chi connectivity index (χ1) is 9.65. The number of halogens is 1. The maximum atomic E-state index is 10.1. The van der Waals surface area contributed by atoms with Gasteiger partial charge in [-0.2, -0.15) is 0 Å². The molecular weight excluding hydrogens is 316 g/mol. The van der Waals surface area contributed by atoms with Crippen LogP contribution >= 0.6 is 15.9 Å². The van der Waals surface area contributed by atoms with Crippen molar-refractivity contribution in [2.45, 2.75) is 38.3 Å². The molecule has 110 valence electrons. The van der Waals surface area contributed by atoms with Crippen molar-refractivity contribution in [3.8, 4) is 5.75 Å². The molecule has 3 nitrogen and oxygen atoms in total. The van der Waals surface area contributed by atoms with Crippen molar-refractivity contribution >= 4 is 15.9 Å². The van der Waals surface area contributed by atoms with Gasteiger partial charge in [-0.3, -0.25) is 9.80 Å². The highest BCUT2D eigenvalue weighted by Gasteiger charge is 2.32. The third-order valence-electron chi connectivity index (χ3n) is 4.84. The van der Waals surface area contributed by atoms with Crippen molar-refractivity contribution in [2.24, 2.45) is 0 Å². The molecule has 0 bridgehead atoms. The summed E-state index contributed by atoms with van der Waals surface area (Å²) in [4.78, 5) is 5.15. The molecule has 1 aromatic carbocycles. The van der Waals surface area contributed by atoms with Crippen molar-refractivity contribution < 1.29 is 5.11 Å². The van der Waals surface area contributed by atoms with Gasteiger partial charge in [0.1, 0.15) is 5.75 Å². The topological polar surface area (TPSA) is 26.7 Å². The predicted octanol–water partition coefficient (Wildman–Crippen LogP) is 3.39. The fourth-order valence-corrected chi connectivity index (χ4v) is 3.96. The van der Waals surface area contributed by atoms with Gasteiger partial charge >= 0.3 is 0 Å². The Labute approximate surface area is 129 Å². The Morgan fingerprint density at radius 1 is 1.25 bits per heavy atom. The molecule has 2 aliphatic heterocycles. The largest absolute Gasteiger partial charge is 0.508 e. The molecule has 4 heteroatoms. The van der Waals surface area contributed by atoms with Crippen LogP contribution in [0.1, 0.15) is 37.8 Å². The summed E-state index contributed by atoms with van der Waals surface area (Å²) in [6.45, 7) is 7.01. The van der Waals surface area contributed by atoms with Gasteiger partial charge in [0.15, 0.2) is 0 Å². The number of hydrogen-bond acceptors (Lipinski definition) is 3. The summed E-state index contributed by atoms with van der Waals surface area (Å²) in [5.74, 6) is 0.408. The van der Waals surface area contributed by atoms with Crippen LogP contribution in [0.4, 0.5) is 0 Å². The van der Waals surface area contributed by atoms with Gasteiger partial charge in [0.05, 0.1) is 0 Å². The van der Waals surface area contributed by atoms with Crippen LogP contribution in [0.5, 0.6) is 5.75 Å². The molecule has 2 atom stereocenters. The van der Waals surface area contributed by atoms with E-state index in [9.17, 15) is 5.11 Å². The number of benzene rings is 1. The fourth-order valence-electron chi connectivity index (χ4n) is 3.58. The minimum Gasteiger partial charge on any atom is -0.508 e. The van der Waals surface area contributed by atoms with Crippen LogP contribution in [0.3, 0.4) is 0 Å². The molecule has 0 amide bonds. The molecule has 0 radical (unpaired) electrons. The summed E-state index contributed by atoms with van der Waals surface area (Å²) in [7, 11) is 0. The minimum atomic E-state index is 0.278. The molecule has 2 heterocycles. The van der Waals surface area contributed by atoms with Gasteiger partial charge < -0.3 is 5.11 Å². The average molecular weight is 339 g/mol. The van der Waals surface area contributed by atoms with E-state index >= 15 is 0 Å². The Balaban J connectivity index is 1.68. The molecule has 0 saturated carbocycles. The molecule has 3 rings (SSSR count). The zero-order valence-corrected chi connectivity index (χ0v) is 13.6. The summed E-state index contributed by atoms with van der Waals surface area (Å²) >= 11 is 3.50. The van der Waals surface area contributed by atoms with Crippen molar-refractivity contribution in [3.05, 3.63) is 28.2 Å². The standard InChI is InChI=1S/C16H23BrN2O/c1-12(15-10-13(17)4-5-16(15)20)19-9-6-14(11-19)18-7-2-3-8-18/h4-5,10,12,14,20H,2-3,6-9,11H2,1H3. The lowest BCUT2D eigenvalue weighted by Crippen LogP contribution is -2.35. The number of rotatable bonds is 3. The third-order valence-corrected chi connectivity index (χ3v) is 5.33.